The van der Waals surface area contributed by atoms with Crippen molar-refractivity contribution < 1.29 is 9.53 Å². The van der Waals surface area contributed by atoms with Gasteiger partial charge >= 0.3 is 0 Å². The fourth-order valence-corrected chi connectivity index (χ4v) is 1.53. The lowest BCUT2D eigenvalue weighted by atomic mass is 10.2. The zero-order valence-corrected chi connectivity index (χ0v) is 11.2. The summed E-state index contributed by atoms with van der Waals surface area (Å²) in [4.78, 5) is 11.2. The van der Waals surface area contributed by atoms with E-state index in [2.05, 4.69) is 29.3 Å². The predicted molar refractivity (Wildman–Crippen MR) is 76.8 cm³/mol. The zero-order valence-electron chi connectivity index (χ0n) is 11.2. The molecule has 104 valence electrons. The van der Waals surface area contributed by atoms with Crippen molar-refractivity contribution in [1.29, 1.82) is 0 Å². The smallest absolute Gasteiger partial charge is 0.246 e. The van der Waals surface area contributed by atoms with E-state index in [4.69, 9.17) is 4.74 Å². The second-order valence-electron chi connectivity index (χ2n) is 4.16. The molecule has 1 rings (SSSR count). The monoisotopic (exact) mass is 262 g/mol. The Balaban J connectivity index is 1.91. The molecular weight excluding hydrogens is 240 g/mol. The minimum atomic E-state index is -0.0999. The standard InChI is InChI=1S/C15H22N2O2/c1-2-9-17-15(18)13-19-11-6-10-16-12-14-7-4-3-5-8-14/h2-5,7-8,16H,1,6,9-13H2,(H,17,18). The number of benzene rings is 1. The summed E-state index contributed by atoms with van der Waals surface area (Å²) >= 11 is 0. The lowest BCUT2D eigenvalue weighted by Gasteiger charge is -2.06. The highest BCUT2D eigenvalue weighted by Crippen LogP contribution is 1.96. The first-order chi connectivity index (χ1) is 9.33. The number of ether oxygens (including phenoxy) is 1. The van der Waals surface area contributed by atoms with Gasteiger partial charge in [0.2, 0.25) is 5.91 Å². The molecule has 0 aliphatic heterocycles. The topological polar surface area (TPSA) is 50.4 Å². The Morgan fingerprint density at radius 2 is 2.11 bits per heavy atom. The van der Waals surface area contributed by atoms with Gasteiger partial charge in [-0.2, -0.15) is 0 Å². The molecular formula is C15H22N2O2. The average Bonchev–Trinajstić information content (AvgIpc) is 2.45. The Morgan fingerprint density at radius 1 is 1.32 bits per heavy atom. The fraction of sp³-hybridized carbons (Fsp3) is 0.400. The summed E-state index contributed by atoms with van der Waals surface area (Å²) < 4.78 is 5.26. The van der Waals surface area contributed by atoms with Crippen molar-refractivity contribution in [3.05, 3.63) is 48.6 Å². The summed E-state index contributed by atoms with van der Waals surface area (Å²) in [5.74, 6) is -0.0999. The molecule has 0 bridgehead atoms. The van der Waals surface area contributed by atoms with Crippen LogP contribution in [-0.4, -0.2) is 32.2 Å². The molecule has 0 saturated carbocycles. The quantitative estimate of drug-likeness (QED) is 0.496. The van der Waals surface area contributed by atoms with E-state index < -0.39 is 0 Å². The van der Waals surface area contributed by atoms with Crippen LogP contribution in [0.3, 0.4) is 0 Å². The maximum atomic E-state index is 11.2. The molecule has 0 unspecified atom stereocenters. The van der Waals surface area contributed by atoms with Gasteiger partial charge in [0.15, 0.2) is 0 Å². The molecule has 0 aromatic heterocycles. The predicted octanol–water partition coefficient (Wildman–Crippen LogP) is 1.49. The molecule has 4 nitrogen and oxygen atoms in total. The minimum Gasteiger partial charge on any atom is -0.372 e. The van der Waals surface area contributed by atoms with E-state index in [1.807, 2.05) is 18.2 Å². The molecule has 0 radical (unpaired) electrons. The van der Waals surface area contributed by atoms with Crippen molar-refractivity contribution in [3.63, 3.8) is 0 Å². The van der Waals surface area contributed by atoms with E-state index in [1.165, 1.54) is 5.56 Å². The highest BCUT2D eigenvalue weighted by atomic mass is 16.5. The number of hydrogen-bond acceptors (Lipinski definition) is 3. The van der Waals surface area contributed by atoms with Crippen molar-refractivity contribution in [3.8, 4) is 0 Å². The summed E-state index contributed by atoms with van der Waals surface area (Å²) in [6, 6.07) is 10.2. The summed E-state index contributed by atoms with van der Waals surface area (Å²) in [5.41, 5.74) is 1.27. The van der Waals surface area contributed by atoms with Crippen LogP contribution >= 0.6 is 0 Å². The molecule has 0 fully saturated rings. The Labute approximate surface area is 114 Å². The zero-order chi connectivity index (χ0) is 13.8. The molecule has 1 aromatic rings. The second kappa shape index (κ2) is 10.3. The number of carbonyl (C=O) groups excluding carboxylic acids is 1. The van der Waals surface area contributed by atoms with E-state index in [-0.39, 0.29) is 12.5 Å². The van der Waals surface area contributed by atoms with Crippen LogP contribution in [0.4, 0.5) is 0 Å². The van der Waals surface area contributed by atoms with Gasteiger partial charge in [-0.15, -0.1) is 6.58 Å². The Bertz CT molecular complexity index is 366. The molecule has 0 aliphatic rings. The lowest BCUT2D eigenvalue weighted by Crippen LogP contribution is -2.28. The number of carbonyl (C=O) groups is 1. The highest BCUT2D eigenvalue weighted by molar-refractivity contribution is 5.77. The van der Waals surface area contributed by atoms with Crippen LogP contribution < -0.4 is 10.6 Å². The molecule has 0 heterocycles. The Morgan fingerprint density at radius 3 is 2.84 bits per heavy atom. The van der Waals surface area contributed by atoms with Crippen molar-refractivity contribution in [1.82, 2.24) is 10.6 Å². The normalized spacial score (nSPS) is 10.1. The van der Waals surface area contributed by atoms with Crippen LogP contribution in [0.5, 0.6) is 0 Å². The molecule has 1 aromatic carbocycles. The number of hydrogen-bond donors (Lipinski definition) is 2. The van der Waals surface area contributed by atoms with Crippen LogP contribution in [0.2, 0.25) is 0 Å². The average molecular weight is 262 g/mol. The first-order valence-electron chi connectivity index (χ1n) is 6.53. The van der Waals surface area contributed by atoms with E-state index in [1.54, 1.807) is 6.08 Å². The third kappa shape index (κ3) is 8.13. The van der Waals surface area contributed by atoms with Crippen molar-refractivity contribution in [2.75, 3.05) is 26.3 Å². The van der Waals surface area contributed by atoms with E-state index in [9.17, 15) is 4.79 Å². The van der Waals surface area contributed by atoms with Crippen molar-refractivity contribution in [2.24, 2.45) is 0 Å². The Hall–Kier alpha value is -1.65. The molecule has 0 aliphatic carbocycles. The third-order valence-electron chi connectivity index (χ3n) is 2.49. The van der Waals surface area contributed by atoms with Gasteiger partial charge in [-0.1, -0.05) is 36.4 Å². The minimum absolute atomic E-state index is 0.0999. The van der Waals surface area contributed by atoms with Gasteiger partial charge in [0.05, 0.1) is 0 Å². The van der Waals surface area contributed by atoms with Gasteiger partial charge < -0.3 is 15.4 Å². The van der Waals surface area contributed by atoms with E-state index in [0.29, 0.717) is 13.2 Å². The molecule has 0 atom stereocenters. The second-order valence-corrected chi connectivity index (χ2v) is 4.16. The van der Waals surface area contributed by atoms with Crippen LogP contribution in [-0.2, 0) is 16.1 Å². The van der Waals surface area contributed by atoms with Crippen LogP contribution in [0, 0.1) is 0 Å². The first kappa shape index (κ1) is 15.4. The van der Waals surface area contributed by atoms with Gasteiger partial charge in [0.1, 0.15) is 6.61 Å². The highest BCUT2D eigenvalue weighted by Gasteiger charge is 1.98. The largest absolute Gasteiger partial charge is 0.372 e. The van der Waals surface area contributed by atoms with Crippen molar-refractivity contribution >= 4 is 5.91 Å². The molecule has 1 amide bonds. The fourth-order valence-electron chi connectivity index (χ4n) is 1.53. The van der Waals surface area contributed by atoms with Gasteiger partial charge in [-0.25, -0.2) is 0 Å². The van der Waals surface area contributed by atoms with Crippen molar-refractivity contribution in [2.45, 2.75) is 13.0 Å². The summed E-state index contributed by atoms with van der Waals surface area (Å²) in [6.45, 7) is 6.46. The summed E-state index contributed by atoms with van der Waals surface area (Å²) in [5, 5.41) is 5.99. The summed E-state index contributed by atoms with van der Waals surface area (Å²) in [7, 11) is 0. The number of amides is 1. The Kier molecular flexibility index (Phi) is 8.34. The van der Waals surface area contributed by atoms with Gasteiger partial charge in [-0.3, -0.25) is 4.79 Å². The maximum absolute atomic E-state index is 11.2. The molecule has 4 heteroatoms. The van der Waals surface area contributed by atoms with E-state index in [0.717, 1.165) is 19.5 Å². The summed E-state index contributed by atoms with van der Waals surface area (Å²) in [6.07, 6.45) is 2.53. The van der Waals surface area contributed by atoms with Gasteiger partial charge in [0.25, 0.3) is 0 Å². The third-order valence-corrected chi connectivity index (χ3v) is 2.49. The first-order valence-corrected chi connectivity index (χ1v) is 6.53. The number of nitrogens with one attached hydrogen (secondary N) is 2. The van der Waals surface area contributed by atoms with Crippen LogP contribution in [0.1, 0.15) is 12.0 Å². The molecule has 19 heavy (non-hydrogen) atoms. The molecule has 2 N–H and O–H groups in total. The maximum Gasteiger partial charge on any atom is 0.246 e. The van der Waals surface area contributed by atoms with Crippen LogP contribution in [0.25, 0.3) is 0 Å². The van der Waals surface area contributed by atoms with Gasteiger partial charge in [-0.05, 0) is 18.5 Å². The van der Waals surface area contributed by atoms with E-state index >= 15 is 0 Å². The lowest BCUT2D eigenvalue weighted by molar-refractivity contribution is -0.125. The SMILES string of the molecule is C=CCNC(=O)COCCCNCc1ccccc1. The van der Waals surface area contributed by atoms with Gasteiger partial charge in [0, 0.05) is 19.7 Å². The van der Waals surface area contributed by atoms with Crippen LogP contribution in [0.15, 0.2) is 43.0 Å². The molecule has 0 saturated heterocycles. The molecule has 0 spiro atoms. The number of rotatable bonds is 10.